The van der Waals surface area contributed by atoms with Crippen molar-refractivity contribution in [1.29, 1.82) is 0 Å². The van der Waals surface area contributed by atoms with E-state index in [0.717, 1.165) is 24.8 Å². The molecule has 0 saturated heterocycles. The highest BCUT2D eigenvalue weighted by Gasteiger charge is 2.09. The first-order valence-corrected chi connectivity index (χ1v) is 8.02. The summed E-state index contributed by atoms with van der Waals surface area (Å²) in [7, 11) is 3.25. The van der Waals surface area contributed by atoms with Gasteiger partial charge in [-0.2, -0.15) is 0 Å². The first-order valence-electron chi connectivity index (χ1n) is 7.14. The zero-order chi connectivity index (χ0) is 15.1. The van der Waals surface area contributed by atoms with Gasteiger partial charge < -0.3 is 14.6 Å². The number of aryl methyl sites for hydroxylation is 1. The molecule has 3 nitrogen and oxygen atoms in total. The third-order valence-electron chi connectivity index (χ3n) is 3.46. The maximum atomic E-state index is 10.2. The lowest BCUT2D eigenvalue weighted by atomic mass is 10.0. The third kappa shape index (κ3) is 4.76. The Kier molecular flexibility index (Phi) is 6.08. The summed E-state index contributed by atoms with van der Waals surface area (Å²) in [5, 5.41) is 12.2. The average molecular weight is 306 g/mol. The number of ether oxygens (including phenoxy) is 2. The largest absolute Gasteiger partial charge is 0.493 e. The SMILES string of the molecule is COc1ccc(CC(O)CCCc2cccs2)cc1OC. The van der Waals surface area contributed by atoms with Crippen molar-refractivity contribution in [2.24, 2.45) is 0 Å². The van der Waals surface area contributed by atoms with E-state index in [-0.39, 0.29) is 6.10 Å². The molecular weight excluding hydrogens is 284 g/mol. The zero-order valence-electron chi connectivity index (χ0n) is 12.5. The number of methoxy groups -OCH3 is 2. The molecule has 21 heavy (non-hydrogen) atoms. The number of thiophene rings is 1. The smallest absolute Gasteiger partial charge is 0.160 e. The van der Waals surface area contributed by atoms with Crippen molar-refractivity contribution in [3.63, 3.8) is 0 Å². The van der Waals surface area contributed by atoms with Gasteiger partial charge in [-0.15, -0.1) is 11.3 Å². The van der Waals surface area contributed by atoms with E-state index in [9.17, 15) is 5.11 Å². The van der Waals surface area contributed by atoms with Gasteiger partial charge in [0, 0.05) is 4.88 Å². The van der Waals surface area contributed by atoms with Gasteiger partial charge in [0.15, 0.2) is 11.5 Å². The van der Waals surface area contributed by atoms with E-state index in [0.29, 0.717) is 17.9 Å². The van der Waals surface area contributed by atoms with Crippen molar-refractivity contribution in [3.05, 3.63) is 46.2 Å². The molecule has 2 rings (SSSR count). The molecule has 0 aliphatic heterocycles. The lowest BCUT2D eigenvalue weighted by Crippen LogP contribution is -2.10. The van der Waals surface area contributed by atoms with Crippen LogP contribution in [0.2, 0.25) is 0 Å². The van der Waals surface area contributed by atoms with E-state index < -0.39 is 0 Å². The standard InChI is InChI=1S/C17H22O3S/c1-19-16-9-8-13(12-17(16)20-2)11-14(18)5-3-6-15-7-4-10-21-15/h4,7-10,12,14,18H,3,5-6,11H2,1-2H3. The fourth-order valence-electron chi connectivity index (χ4n) is 2.35. The van der Waals surface area contributed by atoms with Crippen molar-refractivity contribution < 1.29 is 14.6 Å². The van der Waals surface area contributed by atoms with Gasteiger partial charge in [0.2, 0.25) is 0 Å². The molecule has 0 aliphatic carbocycles. The molecule has 1 atom stereocenters. The van der Waals surface area contributed by atoms with Crippen LogP contribution in [0.15, 0.2) is 35.7 Å². The van der Waals surface area contributed by atoms with Gasteiger partial charge in [0.25, 0.3) is 0 Å². The molecule has 0 saturated carbocycles. The summed E-state index contributed by atoms with van der Waals surface area (Å²) in [5.74, 6) is 1.43. The minimum absolute atomic E-state index is 0.317. The molecule has 0 amide bonds. The van der Waals surface area contributed by atoms with Crippen LogP contribution in [-0.4, -0.2) is 25.4 Å². The quantitative estimate of drug-likeness (QED) is 0.808. The van der Waals surface area contributed by atoms with Gasteiger partial charge in [0.1, 0.15) is 0 Å². The van der Waals surface area contributed by atoms with Crippen LogP contribution in [0.5, 0.6) is 11.5 Å². The van der Waals surface area contributed by atoms with Crippen LogP contribution >= 0.6 is 11.3 Å². The summed E-state index contributed by atoms with van der Waals surface area (Å²) in [4.78, 5) is 1.38. The van der Waals surface area contributed by atoms with Crippen LogP contribution in [0.4, 0.5) is 0 Å². The number of aliphatic hydroxyl groups is 1. The molecule has 1 unspecified atom stereocenters. The number of aliphatic hydroxyl groups excluding tert-OH is 1. The fourth-order valence-corrected chi connectivity index (χ4v) is 3.10. The molecule has 0 aliphatic rings. The van der Waals surface area contributed by atoms with E-state index in [1.165, 1.54) is 4.88 Å². The van der Waals surface area contributed by atoms with Gasteiger partial charge in [-0.3, -0.25) is 0 Å². The zero-order valence-corrected chi connectivity index (χ0v) is 13.4. The molecule has 4 heteroatoms. The van der Waals surface area contributed by atoms with E-state index in [1.54, 1.807) is 25.6 Å². The minimum atomic E-state index is -0.317. The molecule has 1 aromatic heterocycles. The third-order valence-corrected chi connectivity index (χ3v) is 4.40. The molecule has 0 radical (unpaired) electrons. The second-order valence-electron chi connectivity index (χ2n) is 5.02. The Morgan fingerprint density at radius 3 is 2.62 bits per heavy atom. The van der Waals surface area contributed by atoms with Gasteiger partial charge in [-0.1, -0.05) is 12.1 Å². The molecule has 114 valence electrons. The molecule has 2 aromatic rings. The predicted octanol–water partition coefficient (Wildman–Crippen LogP) is 3.69. The Labute approximate surface area is 130 Å². The maximum Gasteiger partial charge on any atom is 0.160 e. The number of rotatable bonds is 8. The lowest BCUT2D eigenvalue weighted by molar-refractivity contribution is 0.162. The van der Waals surface area contributed by atoms with E-state index in [4.69, 9.17) is 9.47 Å². The van der Waals surface area contributed by atoms with Crippen molar-refractivity contribution in [1.82, 2.24) is 0 Å². The summed E-state index contributed by atoms with van der Waals surface area (Å²) in [6, 6.07) is 10.0. The molecule has 0 bridgehead atoms. The Morgan fingerprint density at radius 2 is 1.95 bits per heavy atom. The molecular formula is C17H22O3S. The Morgan fingerprint density at radius 1 is 1.14 bits per heavy atom. The topological polar surface area (TPSA) is 38.7 Å². The number of hydrogen-bond acceptors (Lipinski definition) is 4. The van der Waals surface area contributed by atoms with Gasteiger partial charge >= 0.3 is 0 Å². The normalized spacial score (nSPS) is 12.1. The van der Waals surface area contributed by atoms with Gasteiger partial charge in [0.05, 0.1) is 20.3 Å². The van der Waals surface area contributed by atoms with Crippen molar-refractivity contribution >= 4 is 11.3 Å². The van der Waals surface area contributed by atoms with Crippen LogP contribution in [0.3, 0.4) is 0 Å². The number of benzene rings is 1. The summed E-state index contributed by atoms with van der Waals surface area (Å²) < 4.78 is 10.5. The first kappa shape index (κ1) is 15.9. The molecule has 0 fully saturated rings. The summed E-state index contributed by atoms with van der Waals surface area (Å²) in [6.07, 6.45) is 3.19. The Balaban J connectivity index is 1.83. The molecule has 1 aromatic carbocycles. The average Bonchev–Trinajstić information content (AvgIpc) is 3.00. The van der Waals surface area contributed by atoms with Crippen LogP contribution in [0.1, 0.15) is 23.3 Å². The fraction of sp³-hybridized carbons (Fsp3) is 0.412. The van der Waals surface area contributed by atoms with Crippen LogP contribution < -0.4 is 9.47 Å². The van der Waals surface area contributed by atoms with Crippen molar-refractivity contribution in [3.8, 4) is 11.5 Å². The molecule has 1 heterocycles. The highest BCUT2D eigenvalue weighted by Crippen LogP contribution is 2.28. The van der Waals surface area contributed by atoms with E-state index >= 15 is 0 Å². The van der Waals surface area contributed by atoms with Crippen LogP contribution in [0.25, 0.3) is 0 Å². The summed E-state index contributed by atoms with van der Waals surface area (Å²) in [5.41, 5.74) is 1.07. The van der Waals surface area contributed by atoms with Crippen molar-refractivity contribution in [2.45, 2.75) is 31.8 Å². The van der Waals surface area contributed by atoms with E-state index in [2.05, 4.69) is 17.5 Å². The van der Waals surface area contributed by atoms with Crippen LogP contribution in [-0.2, 0) is 12.8 Å². The predicted molar refractivity (Wildman–Crippen MR) is 86.5 cm³/mol. The summed E-state index contributed by atoms with van der Waals surface area (Å²) >= 11 is 1.78. The maximum absolute atomic E-state index is 10.2. The lowest BCUT2D eigenvalue weighted by Gasteiger charge is -2.13. The van der Waals surface area contributed by atoms with E-state index in [1.807, 2.05) is 18.2 Å². The first-order chi connectivity index (χ1) is 10.2. The second kappa shape index (κ2) is 8.05. The van der Waals surface area contributed by atoms with Gasteiger partial charge in [-0.25, -0.2) is 0 Å². The van der Waals surface area contributed by atoms with Gasteiger partial charge in [-0.05, 0) is 54.8 Å². The van der Waals surface area contributed by atoms with Crippen molar-refractivity contribution in [2.75, 3.05) is 14.2 Å². The van der Waals surface area contributed by atoms with Crippen LogP contribution in [0, 0.1) is 0 Å². The Bertz CT molecular complexity index is 537. The summed E-state index contributed by atoms with van der Waals surface area (Å²) in [6.45, 7) is 0. The number of hydrogen-bond donors (Lipinski definition) is 1. The minimum Gasteiger partial charge on any atom is -0.493 e. The molecule has 0 spiro atoms. The Hall–Kier alpha value is -1.52. The highest BCUT2D eigenvalue weighted by atomic mass is 32.1. The highest BCUT2D eigenvalue weighted by molar-refractivity contribution is 7.09. The second-order valence-corrected chi connectivity index (χ2v) is 6.05. The molecule has 1 N–H and O–H groups in total. The monoisotopic (exact) mass is 306 g/mol.